The molecular formula is C22H25NO3S. The molecule has 2 aliphatic rings. The predicted octanol–water partition coefficient (Wildman–Crippen LogP) is 6.02. The molecule has 0 saturated heterocycles. The number of hydrogen-bond donors (Lipinski definition) is 0. The van der Waals surface area contributed by atoms with Crippen LogP contribution in [0.25, 0.3) is 0 Å². The molecule has 0 saturated carbocycles. The van der Waals surface area contributed by atoms with Crippen LogP contribution in [-0.2, 0) is 12.8 Å². The second-order valence-corrected chi connectivity index (χ2v) is 9.19. The molecule has 0 bridgehead atoms. The van der Waals surface area contributed by atoms with Gasteiger partial charge in [-0.3, -0.25) is 0 Å². The van der Waals surface area contributed by atoms with Gasteiger partial charge in [0, 0.05) is 16.4 Å². The van der Waals surface area contributed by atoms with Crippen LogP contribution < -0.4 is 9.47 Å². The zero-order valence-corrected chi connectivity index (χ0v) is 16.9. The molecule has 4 nitrogen and oxygen atoms in total. The molecule has 0 amide bonds. The Morgan fingerprint density at radius 1 is 1.26 bits per heavy atom. The van der Waals surface area contributed by atoms with Crippen molar-refractivity contribution in [2.75, 3.05) is 12.4 Å². The van der Waals surface area contributed by atoms with Gasteiger partial charge in [0.2, 0.25) is 0 Å². The van der Waals surface area contributed by atoms with E-state index >= 15 is 0 Å². The average Bonchev–Trinajstić information content (AvgIpc) is 2.66. The Morgan fingerprint density at radius 3 is 2.89 bits per heavy atom. The second kappa shape index (κ2) is 7.19. The summed E-state index contributed by atoms with van der Waals surface area (Å²) >= 11 is 1.72. The minimum absolute atomic E-state index is 0.124. The van der Waals surface area contributed by atoms with Crippen LogP contribution in [0.5, 0.6) is 11.5 Å². The van der Waals surface area contributed by atoms with Crippen molar-refractivity contribution in [2.45, 2.75) is 56.4 Å². The number of ether oxygens (including phenoxy) is 2. The molecule has 142 valence electrons. The van der Waals surface area contributed by atoms with Gasteiger partial charge in [-0.25, -0.2) is 0 Å². The first-order chi connectivity index (χ1) is 13.0. The maximum Gasteiger partial charge on any atom is 0.129 e. The lowest BCUT2D eigenvalue weighted by Gasteiger charge is -2.35. The van der Waals surface area contributed by atoms with Gasteiger partial charge in [0.15, 0.2) is 0 Å². The van der Waals surface area contributed by atoms with E-state index < -0.39 is 0 Å². The number of hydrogen-bond acceptors (Lipinski definition) is 5. The van der Waals surface area contributed by atoms with Crippen molar-refractivity contribution < 1.29 is 9.47 Å². The fraction of sp³-hybridized carbons (Fsp3) is 0.455. The highest BCUT2D eigenvalue weighted by Crippen LogP contribution is 2.45. The molecule has 1 unspecified atom stereocenters. The molecule has 2 aliphatic heterocycles. The number of nitroso groups, excluding NO2 is 1. The van der Waals surface area contributed by atoms with Crippen molar-refractivity contribution in [1.29, 1.82) is 0 Å². The van der Waals surface area contributed by atoms with Crippen LogP contribution in [-0.4, -0.2) is 18.0 Å². The Morgan fingerprint density at radius 2 is 2.11 bits per heavy atom. The van der Waals surface area contributed by atoms with E-state index in [0.717, 1.165) is 47.0 Å². The van der Waals surface area contributed by atoms with Crippen LogP contribution in [0.3, 0.4) is 0 Å². The Kier molecular flexibility index (Phi) is 4.89. The lowest BCUT2D eigenvalue weighted by atomic mass is 9.86. The van der Waals surface area contributed by atoms with Gasteiger partial charge in [-0.2, -0.15) is 0 Å². The van der Waals surface area contributed by atoms with Crippen molar-refractivity contribution in [1.82, 2.24) is 0 Å². The maximum absolute atomic E-state index is 11.4. The van der Waals surface area contributed by atoms with Crippen molar-refractivity contribution in [2.24, 2.45) is 5.18 Å². The van der Waals surface area contributed by atoms with Crippen molar-refractivity contribution >= 4 is 17.4 Å². The molecule has 0 aromatic heterocycles. The van der Waals surface area contributed by atoms with Gasteiger partial charge >= 0.3 is 0 Å². The van der Waals surface area contributed by atoms with Gasteiger partial charge < -0.3 is 9.47 Å². The molecule has 27 heavy (non-hydrogen) atoms. The number of thioether (sulfide) groups is 1. The number of fused-ring (bicyclic) bond motifs is 3. The maximum atomic E-state index is 11.4. The summed E-state index contributed by atoms with van der Waals surface area (Å²) in [4.78, 5) is 12.5. The molecule has 0 fully saturated rings. The molecule has 0 aliphatic carbocycles. The zero-order chi connectivity index (χ0) is 19.0. The summed E-state index contributed by atoms with van der Waals surface area (Å²) in [5.74, 6) is 3.05. The molecule has 5 heteroatoms. The Labute approximate surface area is 164 Å². The summed E-state index contributed by atoms with van der Waals surface area (Å²) in [5, 5.41) is 3.29. The molecule has 2 aromatic rings. The standard InChI is InChI=1S/C22H25NO3S/c1-4-27-16-6-7-17(19(12-16)23-24)15-11-14-5-8-20-18(21(14)25-13-15)9-10-22(2,3)26-20/h5-8,12,15H,4,9-11,13H2,1-3H3. The van der Waals surface area contributed by atoms with Gasteiger partial charge in [0.25, 0.3) is 0 Å². The molecule has 2 aromatic carbocycles. The second-order valence-electron chi connectivity index (χ2n) is 7.85. The van der Waals surface area contributed by atoms with Crippen LogP contribution in [0.4, 0.5) is 5.69 Å². The lowest BCUT2D eigenvalue weighted by Crippen LogP contribution is -2.33. The summed E-state index contributed by atoms with van der Waals surface area (Å²) in [6, 6.07) is 10.2. The summed E-state index contributed by atoms with van der Waals surface area (Å²) in [5.41, 5.74) is 3.77. The van der Waals surface area contributed by atoms with Gasteiger partial charge in [0.1, 0.15) is 22.8 Å². The van der Waals surface area contributed by atoms with E-state index in [4.69, 9.17) is 9.47 Å². The van der Waals surface area contributed by atoms with Crippen LogP contribution in [0.15, 0.2) is 40.4 Å². The van der Waals surface area contributed by atoms with E-state index in [2.05, 4.69) is 44.1 Å². The van der Waals surface area contributed by atoms with Crippen molar-refractivity contribution in [3.05, 3.63) is 51.9 Å². The van der Waals surface area contributed by atoms with Crippen LogP contribution >= 0.6 is 11.8 Å². The van der Waals surface area contributed by atoms with E-state index in [9.17, 15) is 4.91 Å². The summed E-state index contributed by atoms with van der Waals surface area (Å²) < 4.78 is 12.3. The molecule has 0 spiro atoms. The normalized spacial score (nSPS) is 20.0. The molecule has 2 heterocycles. The van der Waals surface area contributed by atoms with Crippen molar-refractivity contribution in [3.63, 3.8) is 0 Å². The average molecular weight is 384 g/mol. The predicted molar refractivity (Wildman–Crippen MR) is 110 cm³/mol. The van der Waals surface area contributed by atoms with Crippen LogP contribution in [0.1, 0.15) is 49.8 Å². The van der Waals surface area contributed by atoms with E-state index in [-0.39, 0.29) is 11.5 Å². The first-order valence-electron chi connectivity index (χ1n) is 9.57. The minimum Gasteiger partial charge on any atom is -0.492 e. The smallest absolute Gasteiger partial charge is 0.129 e. The van der Waals surface area contributed by atoms with Crippen LogP contribution in [0, 0.1) is 4.91 Å². The highest BCUT2D eigenvalue weighted by atomic mass is 32.2. The zero-order valence-electron chi connectivity index (χ0n) is 16.1. The molecule has 1 atom stereocenters. The first kappa shape index (κ1) is 18.4. The van der Waals surface area contributed by atoms with Crippen LogP contribution in [0.2, 0.25) is 0 Å². The molecular weight excluding hydrogens is 358 g/mol. The Hall–Kier alpha value is -2.01. The summed E-state index contributed by atoms with van der Waals surface area (Å²) in [6.07, 6.45) is 2.81. The van der Waals surface area contributed by atoms with Crippen molar-refractivity contribution in [3.8, 4) is 11.5 Å². The number of rotatable bonds is 4. The van der Waals surface area contributed by atoms with E-state index in [1.54, 1.807) is 11.8 Å². The van der Waals surface area contributed by atoms with Gasteiger partial charge in [-0.15, -0.1) is 16.7 Å². The summed E-state index contributed by atoms with van der Waals surface area (Å²) in [6.45, 7) is 6.92. The Balaban J connectivity index is 1.62. The monoisotopic (exact) mass is 383 g/mol. The highest BCUT2D eigenvalue weighted by Gasteiger charge is 2.32. The number of nitrogens with zero attached hydrogens (tertiary/aromatic N) is 1. The molecule has 4 rings (SSSR count). The van der Waals surface area contributed by atoms with Gasteiger partial charge in [-0.1, -0.05) is 19.1 Å². The SMILES string of the molecule is CCSc1ccc(C2COc3c(ccc4c3CCC(C)(C)O4)C2)c(N=O)c1. The van der Waals surface area contributed by atoms with E-state index in [1.807, 2.05) is 12.1 Å². The third kappa shape index (κ3) is 3.57. The first-order valence-corrected chi connectivity index (χ1v) is 10.6. The number of benzene rings is 2. The summed E-state index contributed by atoms with van der Waals surface area (Å²) in [7, 11) is 0. The largest absolute Gasteiger partial charge is 0.492 e. The third-order valence-corrected chi connectivity index (χ3v) is 6.28. The minimum atomic E-state index is -0.124. The third-order valence-electron chi connectivity index (χ3n) is 5.41. The van der Waals surface area contributed by atoms with E-state index in [0.29, 0.717) is 12.3 Å². The quantitative estimate of drug-likeness (QED) is 0.478. The molecule has 0 N–H and O–H groups in total. The fourth-order valence-corrected chi connectivity index (χ4v) is 4.71. The van der Waals surface area contributed by atoms with Gasteiger partial charge in [0.05, 0.1) is 6.61 Å². The van der Waals surface area contributed by atoms with Gasteiger partial charge in [-0.05, 0) is 73.4 Å². The molecule has 0 radical (unpaired) electrons. The fourth-order valence-electron chi connectivity index (χ4n) is 4.02. The topological polar surface area (TPSA) is 47.9 Å². The van der Waals surface area contributed by atoms with E-state index in [1.165, 1.54) is 11.1 Å². The highest BCUT2D eigenvalue weighted by molar-refractivity contribution is 7.99. The Bertz CT molecular complexity index is 878. The lowest BCUT2D eigenvalue weighted by molar-refractivity contribution is 0.0827.